The van der Waals surface area contributed by atoms with E-state index in [0.717, 1.165) is 6.26 Å². The fourth-order valence-corrected chi connectivity index (χ4v) is 5.16. The number of fused-ring (bicyclic) bond motifs is 1. The zero-order chi connectivity index (χ0) is 28.4. The molecule has 10 nitrogen and oxygen atoms in total. The number of pyridine rings is 1. The molecule has 11 heteroatoms. The smallest absolute Gasteiger partial charge is 0.263 e. The Labute approximate surface area is 231 Å². The Morgan fingerprint density at radius 1 is 1.02 bits per heavy atom. The molecule has 0 aliphatic heterocycles. The maximum Gasteiger partial charge on any atom is 0.263 e. The third kappa shape index (κ3) is 5.34. The first kappa shape index (κ1) is 26.4. The molecule has 0 spiro atoms. The molecular formula is C29H25N7O3S. The minimum absolute atomic E-state index is 0.0262. The molecule has 5 rings (SSSR count). The van der Waals surface area contributed by atoms with Crippen molar-refractivity contribution in [2.75, 3.05) is 22.0 Å². The van der Waals surface area contributed by atoms with Crippen LogP contribution in [0.5, 0.6) is 0 Å². The lowest BCUT2D eigenvalue weighted by atomic mass is 9.97. The average Bonchev–Trinajstić information content (AvgIpc) is 2.92. The van der Waals surface area contributed by atoms with Crippen LogP contribution >= 0.6 is 0 Å². The molecule has 2 heterocycles. The summed E-state index contributed by atoms with van der Waals surface area (Å²) >= 11 is 0. The summed E-state index contributed by atoms with van der Waals surface area (Å²) in [5.74, 6) is 0.296. The quantitative estimate of drug-likeness (QED) is 0.239. The van der Waals surface area contributed by atoms with Crippen molar-refractivity contribution in [3.05, 3.63) is 113 Å². The highest BCUT2D eigenvalue weighted by Gasteiger charge is 2.20. The maximum atomic E-state index is 14.3. The Kier molecular flexibility index (Phi) is 6.94. The molecule has 0 amide bonds. The number of rotatable bonds is 7. The standard InChI is InChI=1S/C29H25N7O3S/c1-18(33-27-24(31-2)17-32-29(30)34-27)25-16-20-10-8-14-23(19-9-7-11-21(15-19)35-40(3,38)39)26(20)28(37)36(25)22-12-5-4-6-13-22/h4-18,35H,1,3H3,(H3,30,32,33,34)/t18-/m0/s1. The van der Waals surface area contributed by atoms with Gasteiger partial charge in [-0.3, -0.25) is 14.1 Å². The van der Waals surface area contributed by atoms with Crippen LogP contribution in [-0.4, -0.2) is 29.2 Å². The summed E-state index contributed by atoms with van der Waals surface area (Å²) in [5, 5.41) is 4.41. The summed E-state index contributed by atoms with van der Waals surface area (Å²) < 4.78 is 27.7. The number of benzene rings is 3. The number of sulfonamides is 1. The van der Waals surface area contributed by atoms with E-state index in [2.05, 4.69) is 24.9 Å². The Bertz CT molecular complexity index is 1950. The van der Waals surface area contributed by atoms with E-state index >= 15 is 0 Å². The number of aromatic nitrogens is 3. The van der Waals surface area contributed by atoms with Crippen molar-refractivity contribution in [1.29, 1.82) is 0 Å². The van der Waals surface area contributed by atoms with Gasteiger partial charge in [0, 0.05) is 23.3 Å². The minimum atomic E-state index is -3.48. The van der Waals surface area contributed by atoms with E-state index in [1.807, 2.05) is 67.6 Å². The van der Waals surface area contributed by atoms with E-state index in [9.17, 15) is 13.2 Å². The number of hydrogen-bond donors (Lipinski definition) is 3. The van der Waals surface area contributed by atoms with Crippen molar-refractivity contribution in [2.24, 2.45) is 0 Å². The first-order chi connectivity index (χ1) is 19.1. The fraction of sp³-hybridized carbons (Fsp3) is 0.103. The van der Waals surface area contributed by atoms with Gasteiger partial charge in [0.1, 0.15) is 5.82 Å². The van der Waals surface area contributed by atoms with Crippen LogP contribution in [0.2, 0.25) is 0 Å². The summed E-state index contributed by atoms with van der Waals surface area (Å²) in [4.78, 5) is 25.9. The van der Waals surface area contributed by atoms with E-state index in [4.69, 9.17) is 12.3 Å². The summed E-state index contributed by atoms with van der Waals surface area (Å²) in [6, 6.07) is 23.2. The van der Waals surface area contributed by atoms with Crippen LogP contribution in [0.15, 0.2) is 89.9 Å². The van der Waals surface area contributed by atoms with Gasteiger partial charge in [-0.15, -0.1) is 0 Å². The lowest BCUT2D eigenvalue weighted by Gasteiger charge is -2.22. The van der Waals surface area contributed by atoms with Gasteiger partial charge in [-0.2, -0.15) is 0 Å². The number of nitrogens with zero attached hydrogens (tertiary/aromatic N) is 4. The van der Waals surface area contributed by atoms with Gasteiger partial charge in [0.05, 0.1) is 24.3 Å². The first-order valence-corrected chi connectivity index (χ1v) is 14.1. The number of nitrogens with two attached hydrogens (primary N) is 1. The summed E-state index contributed by atoms with van der Waals surface area (Å²) in [6.45, 7) is 9.33. The number of para-hydroxylation sites is 1. The van der Waals surface area contributed by atoms with E-state index in [0.29, 0.717) is 39.0 Å². The molecule has 40 heavy (non-hydrogen) atoms. The van der Waals surface area contributed by atoms with Crippen molar-refractivity contribution < 1.29 is 8.42 Å². The molecule has 2 aromatic heterocycles. The fourth-order valence-electron chi connectivity index (χ4n) is 4.61. The zero-order valence-electron chi connectivity index (χ0n) is 21.7. The van der Waals surface area contributed by atoms with Crippen molar-refractivity contribution in [1.82, 2.24) is 14.5 Å². The van der Waals surface area contributed by atoms with Crippen molar-refractivity contribution in [3.8, 4) is 16.8 Å². The van der Waals surface area contributed by atoms with Crippen molar-refractivity contribution >= 4 is 43.9 Å². The molecule has 0 saturated carbocycles. The molecule has 5 aromatic rings. The van der Waals surface area contributed by atoms with Gasteiger partial charge in [0.25, 0.3) is 5.56 Å². The number of nitrogen functional groups attached to an aromatic ring is 1. The second kappa shape index (κ2) is 10.5. The molecule has 1 atom stereocenters. The monoisotopic (exact) mass is 551 g/mol. The SMILES string of the molecule is [C-]#[N+]c1cnc(N)nc1N[C@@H](C)c1cc2cccc(-c3cccc(NS(C)(=O)=O)c3)c2c(=O)n1-c1ccccc1. The van der Waals surface area contributed by atoms with E-state index in [1.54, 1.807) is 22.8 Å². The average molecular weight is 552 g/mol. The van der Waals surface area contributed by atoms with Gasteiger partial charge in [0.15, 0.2) is 0 Å². The van der Waals surface area contributed by atoms with Crippen LogP contribution in [0.3, 0.4) is 0 Å². The minimum Gasteiger partial charge on any atom is -0.371 e. The third-order valence-electron chi connectivity index (χ3n) is 6.27. The first-order valence-electron chi connectivity index (χ1n) is 12.2. The maximum absolute atomic E-state index is 14.3. The van der Waals surface area contributed by atoms with E-state index in [1.165, 1.54) is 6.20 Å². The second-order valence-electron chi connectivity index (χ2n) is 9.21. The predicted octanol–water partition coefficient (Wildman–Crippen LogP) is 5.13. The highest BCUT2D eigenvalue weighted by Crippen LogP contribution is 2.32. The van der Waals surface area contributed by atoms with Gasteiger partial charge in [-0.1, -0.05) is 48.5 Å². The molecule has 0 aliphatic rings. The topological polar surface area (TPSA) is 136 Å². The van der Waals surface area contributed by atoms with Crippen LogP contribution in [-0.2, 0) is 10.0 Å². The Hall–Kier alpha value is -5.21. The summed E-state index contributed by atoms with van der Waals surface area (Å²) in [5.41, 5.74) is 8.78. The second-order valence-corrected chi connectivity index (χ2v) is 11.0. The molecule has 3 aromatic carbocycles. The van der Waals surface area contributed by atoms with E-state index < -0.39 is 16.1 Å². The molecule has 0 bridgehead atoms. The van der Waals surface area contributed by atoms with Crippen LogP contribution < -0.4 is 21.3 Å². The normalized spacial score (nSPS) is 12.0. The molecule has 0 aliphatic carbocycles. The number of hydrogen-bond acceptors (Lipinski definition) is 7. The van der Waals surface area contributed by atoms with Gasteiger partial charge in [0.2, 0.25) is 21.7 Å². The zero-order valence-corrected chi connectivity index (χ0v) is 22.5. The molecule has 0 radical (unpaired) electrons. The van der Waals surface area contributed by atoms with Crippen LogP contribution in [0, 0.1) is 6.57 Å². The lowest BCUT2D eigenvalue weighted by molar-refractivity contribution is 0.607. The van der Waals surface area contributed by atoms with Crippen LogP contribution in [0.4, 0.5) is 23.1 Å². The third-order valence-corrected chi connectivity index (χ3v) is 6.88. The molecular weight excluding hydrogens is 526 g/mol. The van der Waals surface area contributed by atoms with Crippen LogP contribution in [0.25, 0.3) is 32.4 Å². The number of anilines is 3. The largest absolute Gasteiger partial charge is 0.371 e. The van der Waals surface area contributed by atoms with Gasteiger partial charge < -0.3 is 11.1 Å². The summed E-state index contributed by atoms with van der Waals surface area (Å²) in [6.07, 6.45) is 2.44. The lowest BCUT2D eigenvalue weighted by Crippen LogP contribution is -2.26. The van der Waals surface area contributed by atoms with E-state index in [-0.39, 0.29) is 23.0 Å². The van der Waals surface area contributed by atoms with Gasteiger partial charge in [-0.25, -0.2) is 23.2 Å². The highest BCUT2D eigenvalue weighted by atomic mass is 32.2. The Morgan fingerprint density at radius 3 is 2.50 bits per heavy atom. The summed E-state index contributed by atoms with van der Waals surface area (Å²) in [7, 11) is -3.48. The highest BCUT2D eigenvalue weighted by molar-refractivity contribution is 7.92. The van der Waals surface area contributed by atoms with Crippen molar-refractivity contribution in [3.63, 3.8) is 0 Å². The molecule has 0 unspecified atom stereocenters. The number of nitrogens with one attached hydrogen (secondary N) is 2. The van der Waals surface area contributed by atoms with Crippen molar-refractivity contribution in [2.45, 2.75) is 13.0 Å². The molecule has 4 N–H and O–H groups in total. The van der Waals surface area contributed by atoms with Gasteiger partial charge in [-0.05, 0) is 53.8 Å². The van der Waals surface area contributed by atoms with Gasteiger partial charge >= 0.3 is 0 Å². The van der Waals surface area contributed by atoms with Crippen LogP contribution in [0.1, 0.15) is 18.7 Å². The Balaban J connectivity index is 1.72. The Morgan fingerprint density at radius 2 is 1.77 bits per heavy atom. The predicted molar refractivity (Wildman–Crippen MR) is 158 cm³/mol. The molecule has 200 valence electrons. The molecule has 0 saturated heterocycles. The molecule has 0 fully saturated rings.